The molecule has 2 aromatic rings. The van der Waals surface area contributed by atoms with E-state index in [1.54, 1.807) is 12.1 Å². The highest BCUT2D eigenvalue weighted by molar-refractivity contribution is 9.10. The first-order chi connectivity index (χ1) is 11.0. The summed E-state index contributed by atoms with van der Waals surface area (Å²) in [5.74, 6) is 0.258. The van der Waals surface area contributed by atoms with E-state index in [-0.39, 0.29) is 5.02 Å². The summed E-state index contributed by atoms with van der Waals surface area (Å²) in [5.41, 5.74) is 3.47. The standard InChI is InChI=1S/C16H13BrCl2N2O2/c1-2-23-15-6-3-11(17)7-10(15)9-20-21-16(22)13-5-4-12(18)8-14(13)19/h3-9H,2H2,1H3,(H,21,22)/b20-9-. The largest absolute Gasteiger partial charge is 0.493 e. The van der Waals surface area contributed by atoms with E-state index in [9.17, 15) is 4.79 Å². The first-order valence-corrected chi connectivity index (χ1v) is 8.27. The molecule has 120 valence electrons. The van der Waals surface area contributed by atoms with Crippen LogP contribution in [0.25, 0.3) is 0 Å². The number of carbonyl (C=O) groups excluding carboxylic acids is 1. The summed E-state index contributed by atoms with van der Waals surface area (Å²) in [6, 6.07) is 10.2. The number of rotatable bonds is 5. The molecule has 0 radical (unpaired) electrons. The molecule has 0 unspecified atom stereocenters. The van der Waals surface area contributed by atoms with Crippen molar-refractivity contribution < 1.29 is 9.53 Å². The molecule has 1 amide bonds. The quantitative estimate of drug-likeness (QED) is 0.556. The summed E-state index contributed by atoms with van der Waals surface area (Å²) in [4.78, 5) is 12.1. The van der Waals surface area contributed by atoms with E-state index in [1.165, 1.54) is 12.3 Å². The second-order valence-electron chi connectivity index (χ2n) is 4.44. The molecule has 2 rings (SSSR count). The molecule has 0 atom stereocenters. The van der Waals surface area contributed by atoms with Crippen LogP contribution in [0.4, 0.5) is 0 Å². The van der Waals surface area contributed by atoms with Gasteiger partial charge in [0.2, 0.25) is 0 Å². The van der Waals surface area contributed by atoms with Crippen LogP contribution in [-0.2, 0) is 0 Å². The van der Waals surface area contributed by atoms with Gasteiger partial charge < -0.3 is 4.74 Å². The lowest BCUT2D eigenvalue weighted by Gasteiger charge is -2.07. The summed E-state index contributed by atoms with van der Waals surface area (Å²) >= 11 is 15.2. The van der Waals surface area contributed by atoms with Crippen molar-refractivity contribution in [1.82, 2.24) is 5.43 Å². The minimum absolute atomic E-state index is 0.266. The van der Waals surface area contributed by atoms with Crippen molar-refractivity contribution in [2.24, 2.45) is 5.10 Å². The van der Waals surface area contributed by atoms with Crippen LogP contribution >= 0.6 is 39.1 Å². The van der Waals surface area contributed by atoms with E-state index in [4.69, 9.17) is 27.9 Å². The van der Waals surface area contributed by atoms with Crippen molar-refractivity contribution in [2.45, 2.75) is 6.92 Å². The number of carbonyl (C=O) groups is 1. The number of nitrogens with one attached hydrogen (secondary N) is 1. The van der Waals surface area contributed by atoms with Crippen LogP contribution in [0.3, 0.4) is 0 Å². The molecule has 0 aliphatic rings. The maximum Gasteiger partial charge on any atom is 0.272 e. The van der Waals surface area contributed by atoms with Crippen molar-refractivity contribution >= 4 is 51.3 Å². The van der Waals surface area contributed by atoms with Crippen LogP contribution in [0, 0.1) is 0 Å². The van der Waals surface area contributed by atoms with E-state index in [1.807, 2.05) is 25.1 Å². The number of hydrazone groups is 1. The van der Waals surface area contributed by atoms with Crippen molar-refractivity contribution in [1.29, 1.82) is 0 Å². The Morgan fingerprint density at radius 1 is 1.30 bits per heavy atom. The second kappa shape index (κ2) is 8.34. The van der Waals surface area contributed by atoms with E-state index < -0.39 is 5.91 Å². The Kier molecular flexibility index (Phi) is 6.45. The monoisotopic (exact) mass is 414 g/mol. The molecule has 0 bridgehead atoms. The van der Waals surface area contributed by atoms with Gasteiger partial charge in [-0.05, 0) is 43.3 Å². The number of nitrogens with zero attached hydrogens (tertiary/aromatic N) is 1. The van der Waals surface area contributed by atoms with Gasteiger partial charge in [-0.3, -0.25) is 4.79 Å². The second-order valence-corrected chi connectivity index (χ2v) is 6.20. The normalized spacial score (nSPS) is 10.8. The zero-order valence-corrected chi connectivity index (χ0v) is 15.2. The Morgan fingerprint density at radius 2 is 2.09 bits per heavy atom. The predicted octanol–water partition coefficient (Wildman–Crippen LogP) is 4.92. The smallest absolute Gasteiger partial charge is 0.272 e. The maximum absolute atomic E-state index is 12.1. The molecule has 0 saturated carbocycles. The van der Waals surface area contributed by atoms with Crippen molar-refractivity contribution in [2.75, 3.05) is 6.61 Å². The van der Waals surface area contributed by atoms with Gasteiger partial charge in [0.15, 0.2) is 0 Å². The maximum atomic E-state index is 12.1. The lowest BCUT2D eigenvalue weighted by molar-refractivity contribution is 0.0955. The van der Waals surface area contributed by atoms with Gasteiger partial charge in [-0.2, -0.15) is 5.10 Å². The predicted molar refractivity (Wildman–Crippen MR) is 96.8 cm³/mol. The van der Waals surface area contributed by atoms with Crippen molar-refractivity contribution in [3.05, 3.63) is 62.0 Å². The van der Waals surface area contributed by atoms with Crippen molar-refractivity contribution in [3.63, 3.8) is 0 Å². The molecule has 4 nitrogen and oxygen atoms in total. The fourth-order valence-electron chi connectivity index (χ4n) is 1.80. The topological polar surface area (TPSA) is 50.7 Å². The number of hydrogen-bond acceptors (Lipinski definition) is 3. The van der Waals surface area contributed by atoms with E-state index >= 15 is 0 Å². The van der Waals surface area contributed by atoms with Crippen LogP contribution in [0.15, 0.2) is 46.0 Å². The van der Waals surface area contributed by atoms with Gasteiger partial charge in [-0.15, -0.1) is 0 Å². The van der Waals surface area contributed by atoms with Crippen LogP contribution < -0.4 is 10.2 Å². The molecule has 0 spiro atoms. The Morgan fingerprint density at radius 3 is 2.78 bits per heavy atom. The molecule has 7 heteroatoms. The number of halogens is 3. The number of amides is 1. The summed E-state index contributed by atoms with van der Waals surface area (Å²) < 4.78 is 6.39. The zero-order chi connectivity index (χ0) is 16.8. The highest BCUT2D eigenvalue weighted by atomic mass is 79.9. The van der Waals surface area contributed by atoms with Crippen molar-refractivity contribution in [3.8, 4) is 5.75 Å². The third kappa shape index (κ3) is 4.96. The van der Waals surface area contributed by atoms with Gasteiger partial charge in [0.25, 0.3) is 5.91 Å². The number of hydrogen-bond donors (Lipinski definition) is 1. The Balaban J connectivity index is 2.12. The van der Waals surface area contributed by atoms with Gasteiger partial charge in [0.1, 0.15) is 5.75 Å². The molecular formula is C16H13BrCl2N2O2. The lowest BCUT2D eigenvalue weighted by Crippen LogP contribution is -2.18. The zero-order valence-electron chi connectivity index (χ0n) is 12.1. The Bertz CT molecular complexity index is 751. The van der Waals surface area contributed by atoms with Crippen LogP contribution in [0.1, 0.15) is 22.8 Å². The number of benzene rings is 2. The first kappa shape index (κ1) is 17.8. The molecule has 0 aliphatic heterocycles. The third-order valence-electron chi connectivity index (χ3n) is 2.82. The molecule has 0 aromatic heterocycles. The average Bonchev–Trinajstić information content (AvgIpc) is 2.50. The minimum Gasteiger partial charge on any atom is -0.493 e. The molecule has 0 saturated heterocycles. The highest BCUT2D eigenvalue weighted by Gasteiger charge is 2.10. The van der Waals surface area contributed by atoms with Crippen LogP contribution in [-0.4, -0.2) is 18.7 Å². The number of ether oxygens (including phenoxy) is 1. The van der Waals surface area contributed by atoms with Crippen LogP contribution in [0.2, 0.25) is 10.0 Å². The summed E-state index contributed by atoms with van der Waals surface area (Å²) in [6.45, 7) is 2.43. The van der Waals surface area contributed by atoms with Gasteiger partial charge >= 0.3 is 0 Å². The average molecular weight is 416 g/mol. The molecule has 0 aliphatic carbocycles. The van der Waals surface area contributed by atoms with Gasteiger partial charge in [0.05, 0.1) is 23.4 Å². The van der Waals surface area contributed by atoms with E-state index in [0.29, 0.717) is 22.9 Å². The van der Waals surface area contributed by atoms with E-state index in [0.717, 1.165) is 10.0 Å². The summed E-state index contributed by atoms with van der Waals surface area (Å²) in [7, 11) is 0. The molecule has 0 heterocycles. The summed E-state index contributed by atoms with van der Waals surface area (Å²) in [5, 5.41) is 4.68. The summed E-state index contributed by atoms with van der Waals surface area (Å²) in [6.07, 6.45) is 1.51. The first-order valence-electron chi connectivity index (χ1n) is 6.72. The highest BCUT2D eigenvalue weighted by Crippen LogP contribution is 2.22. The van der Waals surface area contributed by atoms with E-state index in [2.05, 4.69) is 26.5 Å². The molecular weight excluding hydrogens is 403 g/mol. The fourth-order valence-corrected chi connectivity index (χ4v) is 2.67. The Hall–Kier alpha value is -1.56. The third-order valence-corrected chi connectivity index (χ3v) is 3.86. The SMILES string of the molecule is CCOc1ccc(Br)cc1/C=N\NC(=O)c1ccc(Cl)cc1Cl. The molecule has 0 fully saturated rings. The molecule has 23 heavy (non-hydrogen) atoms. The van der Waals surface area contributed by atoms with Gasteiger partial charge in [0, 0.05) is 15.1 Å². The lowest BCUT2D eigenvalue weighted by atomic mass is 10.2. The van der Waals surface area contributed by atoms with Crippen LogP contribution in [0.5, 0.6) is 5.75 Å². The Labute approximate surface area is 152 Å². The molecule has 1 N–H and O–H groups in total. The van der Waals surface area contributed by atoms with Gasteiger partial charge in [-0.1, -0.05) is 39.1 Å². The fraction of sp³-hybridized carbons (Fsp3) is 0.125. The van der Waals surface area contributed by atoms with Gasteiger partial charge in [-0.25, -0.2) is 5.43 Å². The molecule has 2 aromatic carbocycles. The minimum atomic E-state index is -0.420.